The Kier molecular flexibility index (Phi) is 4.15. The van der Waals surface area contributed by atoms with Gasteiger partial charge in [0.2, 0.25) is 5.13 Å². The topological polar surface area (TPSA) is 29.0 Å². The smallest absolute Gasteiger partial charge is 0.336 e. The van der Waals surface area contributed by atoms with E-state index in [-0.39, 0.29) is 17.6 Å². The van der Waals surface area contributed by atoms with E-state index in [0.29, 0.717) is 5.01 Å². The molecule has 0 spiro atoms. The lowest BCUT2D eigenvalue weighted by atomic mass is 10.5. The van der Waals surface area contributed by atoms with Crippen LogP contribution >= 0.6 is 22.9 Å². The molecule has 0 fully saturated rings. The molecule has 1 aromatic rings. The molecule has 0 aromatic carbocycles. The molecule has 0 atom stereocenters. The van der Waals surface area contributed by atoms with Crippen molar-refractivity contribution >= 4 is 28.1 Å². The molecule has 0 amide bonds. The molecule has 0 aliphatic heterocycles. The Morgan fingerprint density at radius 1 is 1.40 bits per heavy atom. The third-order valence-corrected chi connectivity index (χ3v) is 2.58. The monoisotopic (exact) mass is 259 g/mol. The summed E-state index contributed by atoms with van der Waals surface area (Å²) in [7, 11) is 0. The minimum atomic E-state index is -4.26. The fourth-order valence-corrected chi connectivity index (χ4v) is 1.89. The SMILES string of the molecule is Cc1nnc(N(CCCl)CC(F)(F)F)s1. The Labute approximate surface area is 93.9 Å². The third kappa shape index (κ3) is 4.21. The summed E-state index contributed by atoms with van der Waals surface area (Å²) in [6.45, 7) is 0.748. The Balaban J connectivity index is 2.74. The predicted octanol–water partition coefficient (Wildman–Crippen LogP) is 2.45. The normalized spacial score (nSPS) is 11.8. The molecule has 0 radical (unpaired) electrons. The van der Waals surface area contributed by atoms with Crippen LogP contribution < -0.4 is 4.90 Å². The summed E-state index contributed by atoms with van der Waals surface area (Å²) in [5.74, 6) is 0.120. The van der Waals surface area contributed by atoms with E-state index in [1.54, 1.807) is 6.92 Å². The summed E-state index contributed by atoms with van der Waals surface area (Å²) in [4.78, 5) is 1.08. The zero-order valence-corrected chi connectivity index (χ0v) is 9.46. The second kappa shape index (κ2) is 4.98. The molecule has 8 heteroatoms. The van der Waals surface area contributed by atoms with Crippen LogP contribution in [0.15, 0.2) is 0 Å². The number of aromatic nitrogens is 2. The van der Waals surface area contributed by atoms with Gasteiger partial charge in [-0.3, -0.25) is 0 Å². The Morgan fingerprint density at radius 3 is 2.47 bits per heavy atom. The summed E-state index contributed by atoms with van der Waals surface area (Å²) in [6, 6.07) is 0. The highest BCUT2D eigenvalue weighted by Gasteiger charge is 2.31. The molecule has 0 bridgehead atoms. The lowest BCUT2D eigenvalue weighted by Gasteiger charge is -2.21. The van der Waals surface area contributed by atoms with Crippen LogP contribution in [0.4, 0.5) is 18.3 Å². The van der Waals surface area contributed by atoms with Crippen molar-refractivity contribution in [1.82, 2.24) is 10.2 Å². The van der Waals surface area contributed by atoms with Crippen LogP contribution in [0.2, 0.25) is 0 Å². The van der Waals surface area contributed by atoms with Gasteiger partial charge in [-0.1, -0.05) is 11.3 Å². The third-order valence-electron chi connectivity index (χ3n) is 1.51. The average Bonchev–Trinajstić information content (AvgIpc) is 2.48. The molecule has 86 valence electrons. The molecule has 15 heavy (non-hydrogen) atoms. The number of nitrogens with zero attached hydrogens (tertiary/aromatic N) is 3. The quantitative estimate of drug-likeness (QED) is 0.778. The summed E-state index contributed by atoms with van der Waals surface area (Å²) in [6.07, 6.45) is -4.26. The van der Waals surface area contributed by atoms with Crippen molar-refractivity contribution in [3.63, 3.8) is 0 Å². The summed E-state index contributed by atoms with van der Waals surface area (Å²) < 4.78 is 36.6. The summed E-state index contributed by atoms with van der Waals surface area (Å²) in [5.41, 5.74) is 0. The highest BCUT2D eigenvalue weighted by atomic mass is 35.5. The van der Waals surface area contributed by atoms with E-state index < -0.39 is 12.7 Å². The maximum atomic E-state index is 12.2. The molecule has 1 aromatic heterocycles. The summed E-state index contributed by atoms with van der Waals surface area (Å²) in [5, 5.41) is 8.21. The largest absolute Gasteiger partial charge is 0.406 e. The van der Waals surface area contributed by atoms with Gasteiger partial charge >= 0.3 is 6.18 Å². The molecule has 0 saturated carbocycles. The van der Waals surface area contributed by atoms with Crippen LogP contribution in [0.1, 0.15) is 5.01 Å². The lowest BCUT2D eigenvalue weighted by molar-refractivity contribution is -0.119. The number of hydrogen-bond acceptors (Lipinski definition) is 4. The molecule has 0 aliphatic carbocycles. The number of aryl methyl sites for hydroxylation is 1. The van der Waals surface area contributed by atoms with Crippen molar-refractivity contribution in [2.75, 3.05) is 23.9 Å². The highest BCUT2D eigenvalue weighted by molar-refractivity contribution is 7.15. The zero-order valence-electron chi connectivity index (χ0n) is 7.88. The second-order valence-corrected chi connectivity index (χ2v) is 4.37. The van der Waals surface area contributed by atoms with Crippen LogP contribution in [0.25, 0.3) is 0 Å². The zero-order chi connectivity index (χ0) is 11.5. The Morgan fingerprint density at radius 2 is 2.07 bits per heavy atom. The molecule has 1 rings (SSSR count). The Hall–Kier alpha value is -0.560. The van der Waals surface area contributed by atoms with Gasteiger partial charge in [0.25, 0.3) is 0 Å². The molecule has 0 aliphatic rings. The van der Waals surface area contributed by atoms with Crippen molar-refractivity contribution < 1.29 is 13.2 Å². The second-order valence-electron chi connectivity index (χ2n) is 2.83. The first-order valence-electron chi connectivity index (χ1n) is 4.10. The molecule has 0 N–H and O–H groups in total. The molecular weight excluding hydrogens is 251 g/mol. The standard InChI is InChI=1S/C7H9ClF3N3S/c1-5-12-13-6(15-5)14(3-2-8)4-7(9,10)11/h2-4H2,1H3. The molecular formula is C7H9ClF3N3S. The van der Waals surface area contributed by atoms with Crippen LogP contribution in [0, 0.1) is 6.92 Å². The van der Waals surface area contributed by atoms with E-state index >= 15 is 0 Å². The molecule has 3 nitrogen and oxygen atoms in total. The van der Waals surface area contributed by atoms with Crippen LogP contribution in [-0.2, 0) is 0 Å². The van der Waals surface area contributed by atoms with E-state index in [0.717, 1.165) is 16.2 Å². The number of anilines is 1. The number of rotatable bonds is 4. The van der Waals surface area contributed by atoms with Crippen LogP contribution in [0.3, 0.4) is 0 Å². The van der Waals surface area contributed by atoms with Gasteiger partial charge in [-0.2, -0.15) is 13.2 Å². The molecule has 1 heterocycles. The minimum absolute atomic E-state index is 0.107. The van der Waals surface area contributed by atoms with E-state index in [4.69, 9.17) is 11.6 Å². The first kappa shape index (κ1) is 12.5. The first-order valence-corrected chi connectivity index (χ1v) is 5.45. The van der Waals surface area contributed by atoms with E-state index in [1.165, 1.54) is 0 Å². The average molecular weight is 260 g/mol. The van der Waals surface area contributed by atoms with Gasteiger partial charge in [0, 0.05) is 12.4 Å². The van der Waals surface area contributed by atoms with E-state index in [9.17, 15) is 13.2 Å². The maximum Gasteiger partial charge on any atom is 0.406 e. The molecule has 0 saturated heterocycles. The highest BCUT2D eigenvalue weighted by Crippen LogP contribution is 2.24. The van der Waals surface area contributed by atoms with Gasteiger partial charge in [0.15, 0.2) is 0 Å². The lowest BCUT2D eigenvalue weighted by Crippen LogP contribution is -2.35. The van der Waals surface area contributed by atoms with E-state index in [1.807, 2.05) is 0 Å². The fraction of sp³-hybridized carbons (Fsp3) is 0.714. The number of hydrogen-bond donors (Lipinski definition) is 0. The van der Waals surface area contributed by atoms with Crippen LogP contribution in [0.5, 0.6) is 0 Å². The van der Waals surface area contributed by atoms with Crippen molar-refractivity contribution in [1.29, 1.82) is 0 Å². The van der Waals surface area contributed by atoms with Crippen molar-refractivity contribution in [3.8, 4) is 0 Å². The maximum absolute atomic E-state index is 12.2. The van der Waals surface area contributed by atoms with Crippen LogP contribution in [-0.4, -0.2) is 35.3 Å². The van der Waals surface area contributed by atoms with Crippen molar-refractivity contribution in [3.05, 3.63) is 5.01 Å². The van der Waals surface area contributed by atoms with Gasteiger partial charge in [0.1, 0.15) is 11.6 Å². The Bertz CT molecular complexity index is 315. The van der Waals surface area contributed by atoms with E-state index in [2.05, 4.69) is 10.2 Å². The number of halogens is 4. The van der Waals surface area contributed by atoms with Gasteiger partial charge in [-0.05, 0) is 6.92 Å². The van der Waals surface area contributed by atoms with Crippen molar-refractivity contribution in [2.24, 2.45) is 0 Å². The van der Waals surface area contributed by atoms with Crippen molar-refractivity contribution in [2.45, 2.75) is 13.1 Å². The predicted molar refractivity (Wildman–Crippen MR) is 53.6 cm³/mol. The fourth-order valence-electron chi connectivity index (χ4n) is 0.975. The first-order chi connectivity index (χ1) is 6.92. The van der Waals surface area contributed by atoms with Gasteiger partial charge in [-0.15, -0.1) is 21.8 Å². The van der Waals surface area contributed by atoms with Gasteiger partial charge in [0.05, 0.1) is 0 Å². The minimum Gasteiger partial charge on any atom is -0.336 e. The van der Waals surface area contributed by atoms with Gasteiger partial charge in [-0.25, -0.2) is 0 Å². The number of alkyl halides is 4. The summed E-state index contributed by atoms with van der Waals surface area (Å²) >= 11 is 6.55. The molecule has 0 unspecified atom stereocenters. The van der Waals surface area contributed by atoms with Gasteiger partial charge < -0.3 is 4.90 Å².